The molecule has 1 unspecified atom stereocenters. The van der Waals surface area contributed by atoms with E-state index in [1.807, 2.05) is 60.7 Å². The van der Waals surface area contributed by atoms with Gasteiger partial charge in [0.2, 0.25) is 0 Å². The molecule has 0 amide bonds. The van der Waals surface area contributed by atoms with Crippen molar-refractivity contribution >= 4 is 13.9 Å². The monoisotopic (exact) mass is 358 g/mol. The predicted molar refractivity (Wildman–Crippen MR) is 108 cm³/mol. The molecule has 0 aromatic heterocycles. The van der Waals surface area contributed by atoms with Crippen LogP contribution in [0.4, 0.5) is 0 Å². The summed E-state index contributed by atoms with van der Waals surface area (Å²) in [7, 11) is -1.59. The van der Waals surface area contributed by atoms with Crippen LogP contribution in [-0.2, 0) is 0 Å². The number of carbonyl (C=O) groups is 1. The number of hydrogen-bond acceptors (Lipinski definition) is 2. The highest BCUT2D eigenvalue weighted by molar-refractivity contribution is 6.78. The van der Waals surface area contributed by atoms with Crippen LogP contribution in [0.25, 0.3) is 0 Å². The normalized spacial score (nSPS) is 15.6. The van der Waals surface area contributed by atoms with Gasteiger partial charge in [-0.05, 0) is 29.8 Å². The summed E-state index contributed by atoms with van der Waals surface area (Å²) >= 11 is 0. The van der Waals surface area contributed by atoms with Crippen molar-refractivity contribution in [1.82, 2.24) is 0 Å². The Bertz CT molecular complexity index is 971. The van der Waals surface area contributed by atoms with E-state index in [0.717, 1.165) is 22.6 Å². The molecule has 0 fully saturated rings. The van der Waals surface area contributed by atoms with Crippen LogP contribution < -0.4 is 4.74 Å². The van der Waals surface area contributed by atoms with E-state index in [-0.39, 0.29) is 5.78 Å². The van der Waals surface area contributed by atoms with Gasteiger partial charge in [-0.25, -0.2) is 0 Å². The van der Waals surface area contributed by atoms with Gasteiger partial charge in [-0.2, -0.15) is 0 Å². The molecular weight excluding hydrogens is 336 g/mol. The lowest BCUT2D eigenvalue weighted by molar-refractivity contribution is 0.103. The standard InChI is InChI=1S/C23H22O2Si/c1-26(2,3)23-18-11-7-8-12-20(18)25-21-14-13-17(15-19(21)23)22(24)16-9-5-4-6-10-16/h4-15,23H,1-3H3. The Kier molecular flexibility index (Phi) is 4.04. The Labute approximate surface area is 155 Å². The summed E-state index contributed by atoms with van der Waals surface area (Å²) in [5, 5.41) is 0. The van der Waals surface area contributed by atoms with Crippen LogP contribution in [0.15, 0.2) is 72.8 Å². The summed E-state index contributed by atoms with van der Waals surface area (Å²) in [6.07, 6.45) is 0. The largest absolute Gasteiger partial charge is 0.457 e. The minimum atomic E-state index is -1.59. The summed E-state index contributed by atoms with van der Waals surface area (Å²) in [4.78, 5) is 12.9. The van der Waals surface area contributed by atoms with Crippen LogP contribution in [0, 0.1) is 0 Å². The van der Waals surface area contributed by atoms with Gasteiger partial charge in [0.25, 0.3) is 0 Å². The summed E-state index contributed by atoms with van der Waals surface area (Å²) in [6, 6.07) is 23.6. The molecule has 0 radical (unpaired) electrons. The van der Waals surface area contributed by atoms with E-state index in [1.165, 1.54) is 5.56 Å². The van der Waals surface area contributed by atoms with Crippen LogP contribution in [0.1, 0.15) is 32.6 Å². The van der Waals surface area contributed by atoms with Gasteiger partial charge in [-0.3, -0.25) is 4.79 Å². The molecule has 0 saturated carbocycles. The summed E-state index contributed by atoms with van der Waals surface area (Å²) in [5.74, 6) is 1.87. The van der Waals surface area contributed by atoms with E-state index in [1.54, 1.807) is 0 Å². The van der Waals surface area contributed by atoms with Crippen molar-refractivity contribution < 1.29 is 9.53 Å². The molecule has 1 aliphatic heterocycles. The van der Waals surface area contributed by atoms with Gasteiger partial charge in [0.1, 0.15) is 11.5 Å². The third kappa shape index (κ3) is 2.88. The molecule has 26 heavy (non-hydrogen) atoms. The van der Waals surface area contributed by atoms with Crippen molar-refractivity contribution in [2.75, 3.05) is 0 Å². The number of ketones is 1. The zero-order chi connectivity index (χ0) is 18.3. The van der Waals surface area contributed by atoms with Crippen LogP contribution in [0.3, 0.4) is 0 Å². The smallest absolute Gasteiger partial charge is 0.193 e. The van der Waals surface area contributed by atoms with E-state index < -0.39 is 8.07 Å². The highest BCUT2D eigenvalue weighted by Crippen LogP contribution is 2.48. The van der Waals surface area contributed by atoms with Crippen molar-refractivity contribution in [1.29, 1.82) is 0 Å². The Morgan fingerprint density at radius 3 is 2.15 bits per heavy atom. The Balaban J connectivity index is 1.84. The Morgan fingerprint density at radius 2 is 1.42 bits per heavy atom. The second kappa shape index (κ2) is 6.26. The number of fused-ring (bicyclic) bond motifs is 2. The molecule has 3 heteroatoms. The fraction of sp³-hybridized carbons (Fsp3) is 0.174. The Hall–Kier alpha value is -2.65. The molecule has 0 saturated heterocycles. The first-order valence-corrected chi connectivity index (χ1v) is 12.5. The SMILES string of the molecule is C[Si](C)(C)C1c2ccccc2Oc2ccc(C(=O)c3ccccc3)cc21. The molecule has 2 nitrogen and oxygen atoms in total. The maximum Gasteiger partial charge on any atom is 0.193 e. The average molecular weight is 359 g/mol. The van der Waals surface area contributed by atoms with Crippen LogP contribution >= 0.6 is 0 Å². The fourth-order valence-electron chi connectivity index (χ4n) is 3.80. The van der Waals surface area contributed by atoms with Gasteiger partial charge in [-0.1, -0.05) is 68.2 Å². The van der Waals surface area contributed by atoms with Crippen LogP contribution in [0.5, 0.6) is 11.5 Å². The molecule has 3 aromatic carbocycles. The van der Waals surface area contributed by atoms with Gasteiger partial charge in [0, 0.05) is 22.2 Å². The van der Waals surface area contributed by atoms with E-state index in [9.17, 15) is 4.79 Å². The van der Waals surface area contributed by atoms with Crippen LogP contribution in [-0.4, -0.2) is 13.9 Å². The van der Waals surface area contributed by atoms with Crippen molar-refractivity contribution in [3.05, 3.63) is 95.1 Å². The number of hydrogen-bond donors (Lipinski definition) is 0. The van der Waals surface area contributed by atoms with Gasteiger partial charge in [-0.15, -0.1) is 0 Å². The molecule has 0 N–H and O–H groups in total. The molecule has 4 rings (SSSR count). The molecule has 1 aliphatic rings. The maximum atomic E-state index is 12.9. The quantitative estimate of drug-likeness (QED) is 0.422. The van der Waals surface area contributed by atoms with Gasteiger partial charge in [0.15, 0.2) is 5.78 Å². The first-order chi connectivity index (χ1) is 12.4. The molecule has 130 valence electrons. The lowest BCUT2D eigenvalue weighted by Crippen LogP contribution is -2.34. The first-order valence-electron chi connectivity index (χ1n) is 8.95. The number of carbonyl (C=O) groups excluding carboxylic acids is 1. The highest BCUT2D eigenvalue weighted by atomic mass is 28.3. The second-order valence-electron chi connectivity index (χ2n) is 7.89. The molecule has 0 aliphatic carbocycles. The van der Waals surface area contributed by atoms with Crippen molar-refractivity contribution in [2.24, 2.45) is 0 Å². The summed E-state index contributed by atoms with van der Waals surface area (Å²) < 4.78 is 6.15. The van der Waals surface area contributed by atoms with Gasteiger partial charge in [0.05, 0.1) is 8.07 Å². The van der Waals surface area contributed by atoms with E-state index in [2.05, 4.69) is 31.8 Å². The van der Waals surface area contributed by atoms with Crippen molar-refractivity contribution in [3.8, 4) is 11.5 Å². The van der Waals surface area contributed by atoms with E-state index in [4.69, 9.17) is 4.74 Å². The third-order valence-corrected chi connectivity index (χ3v) is 7.29. The minimum Gasteiger partial charge on any atom is -0.457 e. The third-order valence-electron chi connectivity index (χ3n) is 4.93. The zero-order valence-electron chi connectivity index (χ0n) is 15.3. The topological polar surface area (TPSA) is 26.3 Å². The highest BCUT2D eigenvalue weighted by Gasteiger charge is 2.37. The zero-order valence-corrected chi connectivity index (χ0v) is 16.3. The lowest BCUT2D eigenvalue weighted by atomic mass is 9.95. The van der Waals surface area contributed by atoms with Crippen molar-refractivity contribution in [3.63, 3.8) is 0 Å². The van der Waals surface area contributed by atoms with Gasteiger partial charge >= 0.3 is 0 Å². The van der Waals surface area contributed by atoms with Crippen molar-refractivity contribution in [2.45, 2.75) is 25.2 Å². The summed E-state index contributed by atoms with van der Waals surface area (Å²) in [5.41, 5.74) is 4.13. The summed E-state index contributed by atoms with van der Waals surface area (Å²) in [6.45, 7) is 7.11. The molecule has 1 atom stereocenters. The fourth-order valence-corrected chi connectivity index (χ4v) is 6.13. The number of rotatable bonds is 3. The minimum absolute atomic E-state index is 0.0570. The first kappa shape index (κ1) is 16.8. The maximum absolute atomic E-state index is 12.9. The molecular formula is C23H22O2Si. The lowest BCUT2D eigenvalue weighted by Gasteiger charge is -2.36. The molecule has 3 aromatic rings. The molecule has 0 spiro atoms. The van der Waals surface area contributed by atoms with Crippen LogP contribution in [0.2, 0.25) is 19.6 Å². The molecule has 1 heterocycles. The molecule has 0 bridgehead atoms. The average Bonchev–Trinajstić information content (AvgIpc) is 2.64. The number of para-hydroxylation sites is 1. The van der Waals surface area contributed by atoms with E-state index >= 15 is 0 Å². The number of ether oxygens (including phenoxy) is 1. The number of benzene rings is 3. The Morgan fingerprint density at radius 1 is 0.769 bits per heavy atom. The predicted octanol–water partition coefficient (Wildman–Crippen LogP) is 6.03. The van der Waals surface area contributed by atoms with Gasteiger partial charge < -0.3 is 4.74 Å². The second-order valence-corrected chi connectivity index (χ2v) is 13.2. The van der Waals surface area contributed by atoms with E-state index in [0.29, 0.717) is 11.1 Å².